The standard InChI is InChI=1S/C14H14F2N2O5/c15-12(16)7-17(8-1-2-8)14(19)10-5-9(18(20)21)6-11-13(10)23-4-3-22-11/h5-6,8,12H,1-4,7H2. The van der Waals surface area contributed by atoms with Gasteiger partial charge < -0.3 is 14.4 Å². The first-order chi connectivity index (χ1) is 11.0. The minimum Gasteiger partial charge on any atom is -0.486 e. The number of nitrogens with zero attached hydrogens (tertiary/aromatic N) is 2. The Bertz CT molecular complexity index is 648. The predicted octanol–water partition coefficient (Wildman–Crippen LogP) is 2.24. The van der Waals surface area contributed by atoms with Gasteiger partial charge in [-0.15, -0.1) is 0 Å². The van der Waals surface area contributed by atoms with E-state index in [0.29, 0.717) is 12.8 Å². The van der Waals surface area contributed by atoms with Crippen LogP contribution in [0.15, 0.2) is 12.1 Å². The van der Waals surface area contributed by atoms with Crippen molar-refractivity contribution in [1.82, 2.24) is 4.90 Å². The number of halogens is 2. The number of nitro groups is 1. The maximum atomic E-state index is 12.7. The Morgan fingerprint density at radius 2 is 2.04 bits per heavy atom. The van der Waals surface area contributed by atoms with Crippen LogP contribution in [0.1, 0.15) is 23.2 Å². The number of nitro benzene ring substituents is 1. The van der Waals surface area contributed by atoms with E-state index in [9.17, 15) is 23.7 Å². The third-order valence-electron chi connectivity index (χ3n) is 3.65. The number of amides is 1. The average Bonchev–Trinajstić information content (AvgIpc) is 3.35. The molecule has 0 radical (unpaired) electrons. The van der Waals surface area contributed by atoms with E-state index in [0.717, 1.165) is 11.0 Å². The first kappa shape index (κ1) is 15.4. The van der Waals surface area contributed by atoms with E-state index in [1.807, 2.05) is 0 Å². The fourth-order valence-electron chi connectivity index (χ4n) is 2.49. The molecule has 3 rings (SSSR count). The first-order valence-corrected chi connectivity index (χ1v) is 7.14. The van der Waals surface area contributed by atoms with Crippen LogP contribution in [0.4, 0.5) is 14.5 Å². The van der Waals surface area contributed by atoms with Gasteiger partial charge in [-0.25, -0.2) is 8.78 Å². The third kappa shape index (κ3) is 3.17. The zero-order valence-electron chi connectivity index (χ0n) is 12.0. The molecule has 0 atom stereocenters. The second-order valence-corrected chi connectivity index (χ2v) is 5.35. The van der Waals surface area contributed by atoms with Gasteiger partial charge >= 0.3 is 0 Å². The number of alkyl halides is 2. The molecule has 0 bridgehead atoms. The Balaban J connectivity index is 2.00. The van der Waals surface area contributed by atoms with E-state index in [1.165, 1.54) is 6.07 Å². The van der Waals surface area contributed by atoms with Crippen molar-refractivity contribution in [2.24, 2.45) is 0 Å². The highest BCUT2D eigenvalue weighted by molar-refractivity contribution is 5.99. The van der Waals surface area contributed by atoms with Crippen LogP contribution in [0.2, 0.25) is 0 Å². The van der Waals surface area contributed by atoms with E-state index in [-0.39, 0.29) is 42.0 Å². The van der Waals surface area contributed by atoms with Gasteiger partial charge in [-0.2, -0.15) is 0 Å². The summed E-state index contributed by atoms with van der Waals surface area (Å²) >= 11 is 0. The summed E-state index contributed by atoms with van der Waals surface area (Å²) in [5.41, 5.74) is -0.452. The SMILES string of the molecule is O=C(c1cc([N+](=O)[O-])cc2c1OCCO2)N(CC(F)F)C1CC1. The highest BCUT2D eigenvalue weighted by atomic mass is 19.3. The van der Waals surface area contributed by atoms with Crippen molar-refractivity contribution >= 4 is 11.6 Å². The second-order valence-electron chi connectivity index (χ2n) is 5.35. The molecule has 0 saturated heterocycles. The molecule has 124 valence electrons. The maximum Gasteiger partial charge on any atom is 0.274 e. The number of rotatable bonds is 5. The fraction of sp³-hybridized carbons (Fsp3) is 0.500. The zero-order chi connectivity index (χ0) is 16.6. The van der Waals surface area contributed by atoms with Gasteiger partial charge in [-0.1, -0.05) is 0 Å². The van der Waals surface area contributed by atoms with Crippen molar-refractivity contribution in [2.45, 2.75) is 25.3 Å². The molecular formula is C14H14F2N2O5. The van der Waals surface area contributed by atoms with E-state index >= 15 is 0 Å². The van der Waals surface area contributed by atoms with E-state index in [2.05, 4.69) is 0 Å². The monoisotopic (exact) mass is 328 g/mol. The van der Waals surface area contributed by atoms with Gasteiger partial charge in [0.15, 0.2) is 11.5 Å². The number of ether oxygens (including phenoxy) is 2. The lowest BCUT2D eigenvalue weighted by atomic mass is 10.1. The van der Waals surface area contributed by atoms with Crippen molar-refractivity contribution in [3.05, 3.63) is 27.8 Å². The summed E-state index contributed by atoms with van der Waals surface area (Å²) < 4.78 is 36.2. The molecule has 9 heteroatoms. The molecule has 1 aliphatic carbocycles. The summed E-state index contributed by atoms with van der Waals surface area (Å²) in [7, 11) is 0. The lowest BCUT2D eigenvalue weighted by Gasteiger charge is -2.25. The highest BCUT2D eigenvalue weighted by Crippen LogP contribution is 2.39. The van der Waals surface area contributed by atoms with Gasteiger partial charge in [0.25, 0.3) is 18.0 Å². The van der Waals surface area contributed by atoms with Crippen molar-refractivity contribution in [3.63, 3.8) is 0 Å². The van der Waals surface area contributed by atoms with Crippen LogP contribution in [-0.4, -0.2) is 48.0 Å². The van der Waals surface area contributed by atoms with Gasteiger partial charge in [-0.05, 0) is 12.8 Å². The molecular weight excluding hydrogens is 314 g/mol. The second kappa shape index (κ2) is 5.98. The highest BCUT2D eigenvalue weighted by Gasteiger charge is 2.37. The molecule has 1 aliphatic heterocycles. The normalized spacial score (nSPS) is 16.3. The number of carbonyl (C=O) groups is 1. The quantitative estimate of drug-likeness (QED) is 0.611. The van der Waals surface area contributed by atoms with Gasteiger partial charge in [-0.3, -0.25) is 14.9 Å². The molecule has 1 heterocycles. The maximum absolute atomic E-state index is 12.7. The van der Waals surface area contributed by atoms with E-state index in [1.54, 1.807) is 0 Å². The number of fused-ring (bicyclic) bond motifs is 1. The van der Waals surface area contributed by atoms with E-state index in [4.69, 9.17) is 9.47 Å². The molecule has 0 unspecified atom stereocenters. The summed E-state index contributed by atoms with van der Waals surface area (Å²) in [6.45, 7) is -0.323. The summed E-state index contributed by atoms with van der Waals surface area (Å²) in [5, 5.41) is 11.0. The molecule has 1 fully saturated rings. The van der Waals surface area contributed by atoms with Crippen LogP contribution in [0.3, 0.4) is 0 Å². The van der Waals surface area contributed by atoms with Crippen LogP contribution >= 0.6 is 0 Å². The average molecular weight is 328 g/mol. The van der Waals surface area contributed by atoms with Crippen LogP contribution in [-0.2, 0) is 0 Å². The molecule has 0 aromatic heterocycles. The van der Waals surface area contributed by atoms with Gasteiger partial charge in [0.1, 0.15) is 13.2 Å². The molecule has 0 spiro atoms. The summed E-state index contributed by atoms with van der Waals surface area (Å²) in [6, 6.07) is 1.97. The van der Waals surface area contributed by atoms with Crippen LogP contribution < -0.4 is 9.47 Å². The van der Waals surface area contributed by atoms with Crippen LogP contribution in [0.25, 0.3) is 0 Å². The Kier molecular flexibility index (Phi) is 4.01. The van der Waals surface area contributed by atoms with Gasteiger partial charge in [0.2, 0.25) is 0 Å². The largest absolute Gasteiger partial charge is 0.486 e. The van der Waals surface area contributed by atoms with Crippen molar-refractivity contribution in [1.29, 1.82) is 0 Å². The molecule has 1 saturated carbocycles. The van der Waals surface area contributed by atoms with Crippen LogP contribution in [0, 0.1) is 10.1 Å². The number of carbonyl (C=O) groups excluding carboxylic acids is 1. The zero-order valence-corrected chi connectivity index (χ0v) is 12.0. The molecule has 1 amide bonds. The molecule has 1 aromatic rings. The van der Waals surface area contributed by atoms with Gasteiger partial charge in [0, 0.05) is 12.1 Å². The first-order valence-electron chi connectivity index (χ1n) is 7.14. The Labute approximate surface area is 129 Å². The molecule has 7 nitrogen and oxygen atoms in total. The summed E-state index contributed by atoms with van der Waals surface area (Å²) in [4.78, 5) is 24.1. The minimum absolute atomic E-state index is 0.0757. The minimum atomic E-state index is -2.67. The summed E-state index contributed by atoms with van der Waals surface area (Å²) in [5.74, 6) is -0.536. The molecule has 0 N–H and O–H groups in total. The van der Waals surface area contributed by atoms with E-state index < -0.39 is 23.8 Å². The number of hydrogen-bond acceptors (Lipinski definition) is 5. The Hall–Kier alpha value is -2.45. The Morgan fingerprint density at radius 1 is 1.35 bits per heavy atom. The molecule has 1 aromatic carbocycles. The number of benzene rings is 1. The smallest absolute Gasteiger partial charge is 0.274 e. The summed E-state index contributed by atoms with van der Waals surface area (Å²) in [6.07, 6.45) is -1.38. The fourth-order valence-corrected chi connectivity index (χ4v) is 2.49. The predicted molar refractivity (Wildman–Crippen MR) is 74.1 cm³/mol. The van der Waals surface area contributed by atoms with Crippen molar-refractivity contribution in [2.75, 3.05) is 19.8 Å². The van der Waals surface area contributed by atoms with Crippen molar-refractivity contribution in [3.8, 4) is 11.5 Å². The molecule has 2 aliphatic rings. The molecule has 23 heavy (non-hydrogen) atoms. The lowest BCUT2D eigenvalue weighted by Crippen LogP contribution is -2.37. The Morgan fingerprint density at radius 3 is 2.65 bits per heavy atom. The third-order valence-corrected chi connectivity index (χ3v) is 3.65. The van der Waals surface area contributed by atoms with Crippen molar-refractivity contribution < 1.29 is 28.0 Å². The topological polar surface area (TPSA) is 81.9 Å². The number of non-ortho nitro benzene ring substituents is 1. The number of hydrogen-bond donors (Lipinski definition) is 0. The van der Waals surface area contributed by atoms with Crippen LogP contribution in [0.5, 0.6) is 11.5 Å². The van der Waals surface area contributed by atoms with Gasteiger partial charge in [0.05, 0.1) is 23.1 Å². The lowest BCUT2D eigenvalue weighted by molar-refractivity contribution is -0.385.